The van der Waals surface area contributed by atoms with Gasteiger partial charge >= 0.3 is 5.69 Å². The average molecular weight is 634 g/mol. The number of halogens is 1. The van der Waals surface area contributed by atoms with E-state index in [1.54, 1.807) is 35.9 Å². The third-order valence-electron chi connectivity index (χ3n) is 8.88. The molecule has 0 atom stereocenters. The van der Waals surface area contributed by atoms with Gasteiger partial charge in [-0.25, -0.2) is 14.2 Å². The van der Waals surface area contributed by atoms with E-state index >= 15 is 4.39 Å². The normalized spacial score (nSPS) is 16.1. The number of benzene rings is 1. The number of nitrogens with two attached hydrogens (primary N) is 1. The lowest BCUT2D eigenvalue weighted by molar-refractivity contribution is -0.0552. The van der Waals surface area contributed by atoms with Crippen molar-refractivity contribution in [3.63, 3.8) is 0 Å². The Hall–Kier alpha value is -4.80. The second kappa shape index (κ2) is 12.2. The van der Waals surface area contributed by atoms with E-state index in [9.17, 15) is 9.59 Å². The summed E-state index contributed by atoms with van der Waals surface area (Å²) < 4.78 is 30.3. The van der Waals surface area contributed by atoms with Crippen molar-refractivity contribution >= 4 is 34.4 Å². The zero-order chi connectivity index (χ0) is 31.9. The molecule has 4 aromatic heterocycles. The number of rotatable bonds is 10. The summed E-state index contributed by atoms with van der Waals surface area (Å²) in [5, 5.41) is 7.29. The number of amides is 1. The van der Waals surface area contributed by atoms with E-state index in [0.29, 0.717) is 111 Å². The van der Waals surface area contributed by atoms with Crippen LogP contribution in [0.1, 0.15) is 10.4 Å². The van der Waals surface area contributed by atoms with Crippen molar-refractivity contribution in [2.75, 3.05) is 76.7 Å². The topological polar surface area (TPSA) is 157 Å². The number of piperazine rings is 1. The number of anilines is 2. The maximum atomic E-state index is 15.2. The van der Waals surface area contributed by atoms with Crippen LogP contribution in [0.3, 0.4) is 0 Å². The lowest BCUT2D eigenvalue weighted by Crippen LogP contribution is -2.49. The van der Waals surface area contributed by atoms with Crippen molar-refractivity contribution in [3.05, 3.63) is 58.5 Å². The summed E-state index contributed by atoms with van der Waals surface area (Å²) in [4.78, 5) is 41.3. The summed E-state index contributed by atoms with van der Waals surface area (Å²) in [6.45, 7) is 6.14. The molecular formula is C30H36FN11O4. The first-order chi connectivity index (χ1) is 22.3. The predicted molar refractivity (Wildman–Crippen MR) is 168 cm³/mol. The van der Waals surface area contributed by atoms with Crippen molar-refractivity contribution in [1.29, 1.82) is 0 Å². The van der Waals surface area contributed by atoms with Crippen molar-refractivity contribution in [1.82, 2.24) is 43.8 Å². The molecule has 5 aromatic rings. The van der Waals surface area contributed by atoms with Crippen LogP contribution in [0.2, 0.25) is 0 Å². The van der Waals surface area contributed by atoms with Gasteiger partial charge < -0.3 is 25.1 Å². The fraction of sp³-hybridized carbons (Fsp3) is 0.433. The van der Waals surface area contributed by atoms with Crippen molar-refractivity contribution in [2.45, 2.75) is 12.6 Å². The first-order valence-corrected chi connectivity index (χ1v) is 15.3. The Morgan fingerprint density at radius 3 is 2.63 bits per heavy atom. The summed E-state index contributed by atoms with van der Waals surface area (Å²) in [5.41, 5.74) is 8.14. The first kappa shape index (κ1) is 29.9. The molecule has 0 radical (unpaired) electrons. The maximum absolute atomic E-state index is 15.2. The number of nitrogens with one attached hydrogen (secondary N) is 1. The number of fused-ring (bicyclic) bond motifs is 3. The van der Waals surface area contributed by atoms with Gasteiger partial charge in [0.2, 0.25) is 11.8 Å². The number of carbonyl (C=O) groups excluding carboxylic acids is 1. The van der Waals surface area contributed by atoms with Gasteiger partial charge in [-0.05, 0) is 37.4 Å². The van der Waals surface area contributed by atoms with Crippen LogP contribution < -0.4 is 21.6 Å². The van der Waals surface area contributed by atoms with Gasteiger partial charge in [0, 0.05) is 65.0 Å². The van der Waals surface area contributed by atoms with Gasteiger partial charge in [-0.3, -0.25) is 23.7 Å². The summed E-state index contributed by atoms with van der Waals surface area (Å²) in [5.74, 6) is 0.216. The molecule has 242 valence electrons. The smallest absolute Gasteiger partial charge is 0.330 e. The summed E-state index contributed by atoms with van der Waals surface area (Å²) in [7, 11) is 3.67. The molecule has 2 aliphatic heterocycles. The molecule has 1 amide bonds. The van der Waals surface area contributed by atoms with Gasteiger partial charge in [-0.2, -0.15) is 9.50 Å². The molecule has 3 N–H and O–H groups in total. The molecule has 2 aliphatic rings. The monoisotopic (exact) mass is 633 g/mol. The Balaban J connectivity index is 0.973. The van der Waals surface area contributed by atoms with Crippen LogP contribution in [0.4, 0.5) is 16.0 Å². The second-order valence-corrected chi connectivity index (χ2v) is 11.7. The van der Waals surface area contributed by atoms with Gasteiger partial charge in [0.1, 0.15) is 11.3 Å². The van der Waals surface area contributed by atoms with Crippen LogP contribution in [0, 0.1) is 5.82 Å². The van der Waals surface area contributed by atoms with Crippen LogP contribution in [0.25, 0.3) is 28.4 Å². The number of furan rings is 1. The molecule has 0 unspecified atom stereocenters. The highest BCUT2D eigenvalue weighted by Crippen LogP contribution is 2.24. The number of imidazole rings is 1. The van der Waals surface area contributed by atoms with E-state index in [0.717, 1.165) is 0 Å². The molecular weight excluding hydrogens is 597 g/mol. The van der Waals surface area contributed by atoms with Gasteiger partial charge in [0.05, 0.1) is 31.2 Å². The van der Waals surface area contributed by atoms with E-state index in [-0.39, 0.29) is 17.5 Å². The molecule has 46 heavy (non-hydrogen) atoms. The van der Waals surface area contributed by atoms with Crippen LogP contribution in [0.5, 0.6) is 0 Å². The molecule has 2 fully saturated rings. The molecule has 0 spiro atoms. The number of hydrogen-bond donors (Lipinski definition) is 2. The molecule has 2 saturated heterocycles. The largest absolute Gasteiger partial charge is 0.461 e. The minimum atomic E-state index is -0.425. The highest BCUT2D eigenvalue weighted by molar-refractivity contribution is 5.94. The van der Waals surface area contributed by atoms with E-state index < -0.39 is 5.82 Å². The summed E-state index contributed by atoms with van der Waals surface area (Å²) in [6.07, 6.45) is 1.53. The molecule has 7 rings (SSSR count). The van der Waals surface area contributed by atoms with Crippen LogP contribution >= 0.6 is 0 Å². The number of aromatic nitrogens is 6. The molecule has 0 saturated carbocycles. The lowest BCUT2D eigenvalue weighted by atomic mass is 10.1. The third-order valence-corrected chi connectivity index (χ3v) is 8.88. The van der Waals surface area contributed by atoms with E-state index in [2.05, 4.69) is 30.2 Å². The number of carbonyl (C=O) groups is 1. The van der Waals surface area contributed by atoms with Gasteiger partial charge in [0.25, 0.3) is 5.91 Å². The number of nitrogen functional groups attached to an aromatic ring is 1. The quantitative estimate of drug-likeness (QED) is 0.223. The van der Waals surface area contributed by atoms with Gasteiger partial charge in [0.15, 0.2) is 17.1 Å². The van der Waals surface area contributed by atoms with Crippen LogP contribution in [-0.2, 0) is 18.3 Å². The number of nitrogens with zero attached hydrogens (tertiary/aromatic N) is 9. The van der Waals surface area contributed by atoms with Crippen LogP contribution in [0.15, 0.2) is 45.8 Å². The zero-order valence-electron chi connectivity index (χ0n) is 25.7. The molecule has 16 heteroatoms. The molecule has 0 aliphatic carbocycles. The second-order valence-electron chi connectivity index (χ2n) is 11.7. The Kier molecular flexibility index (Phi) is 7.92. The Morgan fingerprint density at radius 1 is 1.13 bits per heavy atom. The maximum Gasteiger partial charge on any atom is 0.330 e. The zero-order valence-corrected chi connectivity index (χ0v) is 25.7. The molecule has 6 heterocycles. The first-order valence-electron chi connectivity index (χ1n) is 15.3. The van der Waals surface area contributed by atoms with E-state index in [1.807, 2.05) is 11.9 Å². The summed E-state index contributed by atoms with van der Waals surface area (Å²) in [6, 6.07) is 8.52. The van der Waals surface area contributed by atoms with Crippen molar-refractivity contribution in [3.8, 4) is 11.6 Å². The Bertz CT molecular complexity index is 1940. The Morgan fingerprint density at radius 2 is 1.93 bits per heavy atom. The fourth-order valence-corrected chi connectivity index (χ4v) is 5.97. The standard InChI is InChI=1S/C30H36FN11O4/c1-37(20-17-45-18-20)8-7-33-28(43)19-5-6-22(21(31)16-19)40-12-9-39(10-13-40)11-14-41-26-24(38(2)30(41)44)27-34-25(23-4-3-15-46-23)36-42(27)29(32)35-26/h3-6,15-16,20H,7-14,17-18H2,1-2H3,(H2,32,35)(H,33,43). The van der Waals surface area contributed by atoms with Gasteiger partial charge in [-0.1, -0.05) is 0 Å². The molecule has 1 aromatic carbocycles. The number of aryl methyl sites for hydroxylation is 1. The fourth-order valence-electron chi connectivity index (χ4n) is 5.97. The van der Waals surface area contributed by atoms with Crippen molar-refractivity contribution in [2.24, 2.45) is 7.05 Å². The highest BCUT2D eigenvalue weighted by atomic mass is 19.1. The minimum absolute atomic E-state index is 0.110. The molecule has 0 bridgehead atoms. The SMILES string of the molecule is CN(CCNC(=O)c1ccc(N2CCN(CCn3c(=O)n(C)c4c3nc(N)n3nc(-c5ccco5)nc43)CC2)c(F)c1)C1COC1. The lowest BCUT2D eigenvalue weighted by Gasteiger charge is -2.36. The third kappa shape index (κ3) is 5.48. The van der Waals surface area contributed by atoms with Crippen molar-refractivity contribution < 1.29 is 18.3 Å². The van der Waals surface area contributed by atoms with Crippen LogP contribution in [-0.4, -0.2) is 117 Å². The van der Waals surface area contributed by atoms with E-state index in [1.165, 1.54) is 21.4 Å². The predicted octanol–water partition coefficient (Wildman–Crippen LogP) is 0.642. The minimum Gasteiger partial charge on any atom is -0.461 e. The van der Waals surface area contributed by atoms with Gasteiger partial charge in [-0.15, -0.1) is 5.10 Å². The summed E-state index contributed by atoms with van der Waals surface area (Å²) >= 11 is 0. The number of likely N-dealkylation sites (N-methyl/N-ethyl adjacent to an activating group) is 1. The highest BCUT2D eigenvalue weighted by Gasteiger charge is 2.25. The van der Waals surface area contributed by atoms with E-state index in [4.69, 9.17) is 14.9 Å². The number of hydrogen-bond acceptors (Lipinski definition) is 11. The molecule has 15 nitrogen and oxygen atoms in total. The number of ether oxygens (including phenoxy) is 1. The Labute approximate surface area is 262 Å². The average Bonchev–Trinajstić information content (AvgIpc) is 3.76.